The molecule has 2 unspecified atom stereocenters. The average molecular weight is 407 g/mol. The highest BCUT2D eigenvalue weighted by Gasteiger charge is 2.16. The molecule has 0 aromatic heterocycles. The lowest BCUT2D eigenvalue weighted by atomic mass is 10.1. The van der Waals surface area contributed by atoms with Crippen LogP contribution in [0.3, 0.4) is 0 Å². The van der Waals surface area contributed by atoms with E-state index in [0.717, 1.165) is 40.6 Å². The van der Waals surface area contributed by atoms with Gasteiger partial charge in [-0.15, -0.1) is 0 Å². The van der Waals surface area contributed by atoms with E-state index in [0.29, 0.717) is 12.7 Å². The molecule has 0 saturated carbocycles. The van der Waals surface area contributed by atoms with Gasteiger partial charge in [-0.3, -0.25) is 0 Å². The van der Waals surface area contributed by atoms with Gasteiger partial charge in [0.25, 0.3) is 0 Å². The maximum atomic E-state index is 5.88. The van der Waals surface area contributed by atoms with Crippen LogP contribution in [-0.4, -0.2) is 25.4 Å². The largest absolute Gasteiger partial charge is 0.491 e. The number of halogens is 2. The summed E-state index contributed by atoms with van der Waals surface area (Å²) in [6.45, 7) is 3.58. The lowest BCUT2D eigenvalue weighted by Crippen LogP contribution is -2.17. The molecule has 1 aliphatic rings. The highest BCUT2D eigenvalue weighted by atomic mass is 79.9. The summed E-state index contributed by atoms with van der Waals surface area (Å²) in [6, 6.07) is 4.31. The van der Waals surface area contributed by atoms with Crippen LogP contribution in [0.1, 0.15) is 31.7 Å². The second-order valence-corrected chi connectivity index (χ2v) is 7.05. The molecule has 0 radical (unpaired) electrons. The summed E-state index contributed by atoms with van der Waals surface area (Å²) in [6.07, 6.45) is 4.49. The maximum absolute atomic E-state index is 5.88. The summed E-state index contributed by atoms with van der Waals surface area (Å²) in [7, 11) is 0. The van der Waals surface area contributed by atoms with Crippen molar-refractivity contribution >= 4 is 31.9 Å². The summed E-state index contributed by atoms with van der Waals surface area (Å²) in [5, 5.41) is 0. The Morgan fingerprint density at radius 2 is 2.10 bits per heavy atom. The first kappa shape index (κ1) is 16.3. The minimum absolute atomic E-state index is 0.153. The zero-order valence-corrected chi connectivity index (χ0v) is 14.9. The van der Waals surface area contributed by atoms with E-state index in [1.165, 1.54) is 12.0 Å². The van der Waals surface area contributed by atoms with Gasteiger partial charge in [0.1, 0.15) is 5.75 Å². The molecule has 0 aliphatic carbocycles. The standard InChI is InChI=1S/C15H21Br2NO2/c1-10(18)7-11-8-13(16)15(14(17)9-11)20-6-4-12-3-2-5-19-12/h8-10,12H,2-7,18H2,1H3. The highest BCUT2D eigenvalue weighted by Crippen LogP contribution is 2.35. The van der Waals surface area contributed by atoms with Crippen molar-refractivity contribution in [3.05, 3.63) is 26.6 Å². The highest BCUT2D eigenvalue weighted by molar-refractivity contribution is 9.11. The van der Waals surface area contributed by atoms with Crippen LogP contribution in [-0.2, 0) is 11.2 Å². The molecule has 1 fully saturated rings. The van der Waals surface area contributed by atoms with Gasteiger partial charge in [0.2, 0.25) is 0 Å². The lowest BCUT2D eigenvalue weighted by molar-refractivity contribution is 0.0901. The molecule has 1 aromatic carbocycles. The lowest BCUT2D eigenvalue weighted by Gasteiger charge is -2.15. The minimum atomic E-state index is 0.153. The van der Waals surface area contributed by atoms with E-state index in [9.17, 15) is 0 Å². The molecule has 2 atom stereocenters. The van der Waals surface area contributed by atoms with Gasteiger partial charge in [-0.25, -0.2) is 0 Å². The number of rotatable bonds is 6. The van der Waals surface area contributed by atoms with Crippen molar-refractivity contribution in [3.63, 3.8) is 0 Å². The van der Waals surface area contributed by atoms with Crippen molar-refractivity contribution in [2.75, 3.05) is 13.2 Å². The summed E-state index contributed by atoms with van der Waals surface area (Å²) in [5.74, 6) is 0.858. The first-order valence-corrected chi connectivity index (χ1v) is 8.62. The minimum Gasteiger partial charge on any atom is -0.491 e. The van der Waals surface area contributed by atoms with Gasteiger partial charge in [-0.2, -0.15) is 0 Å². The van der Waals surface area contributed by atoms with Crippen molar-refractivity contribution in [3.8, 4) is 5.75 Å². The first-order valence-electron chi connectivity index (χ1n) is 7.04. The van der Waals surface area contributed by atoms with Gasteiger partial charge in [-0.05, 0) is 75.7 Å². The van der Waals surface area contributed by atoms with Gasteiger partial charge in [0, 0.05) is 19.1 Å². The van der Waals surface area contributed by atoms with Crippen molar-refractivity contribution in [1.82, 2.24) is 0 Å². The van der Waals surface area contributed by atoms with Gasteiger partial charge in [-0.1, -0.05) is 0 Å². The van der Waals surface area contributed by atoms with Crippen molar-refractivity contribution in [2.45, 2.75) is 44.8 Å². The van der Waals surface area contributed by atoms with Crippen LogP contribution in [0.15, 0.2) is 21.1 Å². The SMILES string of the molecule is CC(N)Cc1cc(Br)c(OCCC2CCCO2)c(Br)c1. The van der Waals surface area contributed by atoms with Gasteiger partial charge >= 0.3 is 0 Å². The monoisotopic (exact) mass is 405 g/mol. The molecule has 1 heterocycles. The number of hydrogen-bond donors (Lipinski definition) is 1. The Morgan fingerprint density at radius 1 is 1.40 bits per heavy atom. The Hall–Kier alpha value is -0.100. The molecule has 0 spiro atoms. The summed E-state index contributed by atoms with van der Waals surface area (Å²) in [5.41, 5.74) is 7.04. The maximum Gasteiger partial charge on any atom is 0.147 e. The van der Waals surface area contributed by atoms with E-state index in [4.69, 9.17) is 15.2 Å². The van der Waals surface area contributed by atoms with E-state index >= 15 is 0 Å². The molecule has 1 saturated heterocycles. The molecule has 5 heteroatoms. The second-order valence-electron chi connectivity index (χ2n) is 5.34. The molecule has 112 valence electrons. The van der Waals surface area contributed by atoms with Gasteiger partial charge in [0.15, 0.2) is 0 Å². The van der Waals surface area contributed by atoms with E-state index < -0.39 is 0 Å². The third-order valence-corrected chi connectivity index (χ3v) is 4.50. The summed E-state index contributed by atoms with van der Waals surface area (Å²) < 4.78 is 13.4. The van der Waals surface area contributed by atoms with Crippen molar-refractivity contribution < 1.29 is 9.47 Å². The van der Waals surface area contributed by atoms with Crippen molar-refractivity contribution in [2.24, 2.45) is 5.73 Å². The molecular formula is C15H21Br2NO2. The van der Waals surface area contributed by atoms with Crippen LogP contribution in [0.4, 0.5) is 0 Å². The topological polar surface area (TPSA) is 44.5 Å². The van der Waals surface area contributed by atoms with Crippen LogP contribution in [0, 0.1) is 0 Å². The Bertz CT molecular complexity index is 422. The molecule has 2 N–H and O–H groups in total. The zero-order valence-electron chi connectivity index (χ0n) is 11.7. The van der Waals surface area contributed by atoms with Gasteiger partial charge in [0.05, 0.1) is 21.7 Å². The summed E-state index contributed by atoms with van der Waals surface area (Å²) in [4.78, 5) is 0. The fourth-order valence-corrected chi connectivity index (χ4v) is 3.91. The number of benzene rings is 1. The molecule has 0 bridgehead atoms. The first-order chi connectivity index (χ1) is 9.56. The number of hydrogen-bond acceptors (Lipinski definition) is 3. The Kier molecular flexibility index (Phi) is 6.33. The van der Waals surface area contributed by atoms with E-state index in [-0.39, 0.29) is 6.04 Å². The van der Waals surface area contributed by atoms with Crippen LogP contribution in [0.25, 0.3) is 0 Å². The Labute approximate surface area is 137 Å². The second kappa shape index (κ2) is 7.78. The van der Waals surface area contributed by atoms with Crippen LogP contribution in [0.2, 0.25) is 0 Å². The molecule has 1 aliphatic heterocycles. The van der Waals surface area contributed by atoms with Crippen LogP contribution < -0.4 is 10.5 Å². The number of ether oxygens (including phenoxy) is 2. The van der Waals surface area contributed by atoms with Crippen LogP contribution >= 0.6 is 31.9 Å². The average Bonchev–Trinajstić information content (AvgIpc) is 2.84. The van der Waals surface area contributed by atoms with E-state index in [2.05, 4.69) is 44.0 Å². The van der Waals surface area contributed by atoms with Gasteiger partial charge < -0.3 is 15.2 Å². The normalized spacial score (nSPS) is 20.1. The molecule has 2 rings (SSSR count). The molecule has 3 nitrogen and oxygen atoms in total. The third-order valence-electron chi connectivity index (χ3n) is 3.33. The molecule has 1 aromatic rings. The Morgan fingerprint density at radius 3 is 2.65 bits per heavy atom. The predicted octanol–water partition coefficient (Wildman–Crippen LogP) is 4.05. The fraction of sp³-hybridized carbons (Fsp3) is 0.600. The van der Waals surface area contributed by atoms with E-state index in [1.54, 1.807) is 0 Å². The summed E-state index contributed by atoms with van der Waals surface area (Å²) >= 11 is 7.15. The third kappa shape index (κ3) is 4.72. The fourth-order valence-electron chi connectivity index (χ4n) is 2.40. The predicted molar refractivity (Wildman–Crippen MR) is 88.3 cm³/mol. The van der Waals surface area contributed by atoms with Crippen LogP contribution in [0.5, 0.6) is 5.75 Å². The molecule has 20 heavy (non-hydrogen) atoms. The smallest absolute Gasteiger partial charge is 0.147 e. The molecule has 0 amide bonds. The number of nitrogens with two attached hydrogens (primary N) is 1. The van der Waals surface area contributed by atoms with Crippen molar-refractivity contribution in [1.29, 1.82) is 0 Å². The molecular weight excluding hydrogens is 386 g/mol. The van der Waals surface area contributed by atoms with E-state index in [1.807, 2.05) is 6.92 Å². The zero-order chi connectivity index (χ0) is 14.5. The Balaban J connectivity index is 1.93. The quantitative estimate of drug-likeness (QED) is 0.774.